The van der Waals surface area contributed by atoms with E-state index in [4.69, 9.17) is 16.3 Å². The predicted molar refractivity (Wildman–Crippen MR) is 102 cm³/mol. The van der Waals surface area contributed by atoms with E-state index in [0.29, 0.717) is 24.3 Å². The number of carbonyl (C=O) groups is 1. The van der Waals surface area contributed by atoms with Crippen molar-refractivity contribution >= 4 is 44.9 Å². The van der Waals surface area contributed by atoms with E-state index in [9.17, 15) is 9.90 Å². The normalized spacial score (nSPS) is 17.6. The molecular weight excluding hydrogens is 374 g/mol. The zero-order chi connectivity index (χ0) is 18.3. The first-order chi connectivity index (χ1) is 12.6. The summed E-state index contributed by atoms with van der Waals surface area (Å²) < 4.78 is 6.41. The van der Waals surface area contributed by atoms with Crippen LogP contribution in [0.4, 0.5) is 5.82 Å². The molecule has 0 radical (unpaired) electrons. The SMILES string of the molecule is C[C@@H]1COCCN1c1nc(Cl)nc2c(-c3ccccc3C(=O)O)csc12. The summed E-state index contributed by atoms with van der Waals surface area (Å²) in [5.41, 5.74) is 2.30. The number of thiophene rings is 1. The van der Waals surface area contributed by atoms with Gasteiger partial charge in [0, 0.05) is 17.5 Å². The second-order valence-corrected chi connectivity index (χ2v) is 7.33. The van der Waals surface area contributed by atoms with Gasteiger partial charge in [0.1, 0.15) is 0 Å². The van der Waals surface area contributed by atoms with E-state index in [1.165, 1.54) is 11.3 Å². The Morgan fingerprint density at radius 2 is 2.15 bits per heavy atom. The summed E-state index contributed by atoms with van der Waals surface area (Å²) in [4.78, 5) is 22.6. The second kappa shape index (κ2) is 6.83. The molecule has 1 aromatic carbocycles. The molecule has 1 fully saturated rings. The molecule has 0 spiro atoms. The third-order valence-corrected chi connectivity index (χ3v) is 5.59. The summed E-state index contributed by atoms with van der Waals surface area (Å²) in [7, 11) is 0. The summed E-state index contributed by atoms with van der Waals surface area (Å²) in [5.74, 6) is -0.193. The number of hydrogen-bond donors (Lipinski definition) is 1. The highest BCUT2D eigenvalue weighted by molar-refractivity contribution is 7.18. The van der Waals surface area contributed by atoms with Crippen LogP contribution in [-0.2, 0) is 4.74 Å². The first-order valence-corrected chi connectivity index (χ1v) is 9.44. The number of nitrogens with zero attached hydrogens (tertiary/aromatic N) is 3. The van der Waals surface area contributed by atoms with Crippen LogP contribution in [0, 0.1) is 0 Å². The van der Waals surface area contributed by atoms with Crippen molar-refractivity contribution in [3.8, 4) is 11.1 Å². The van der Waals surface area contributed by atoms with Crippen LogP contribution in [0.15, 0.2) is 29.6 Å². The molecule has 1 N–H and O–H groups in total. The zero-order valence-electron chi connectivity index (χ0n) is 14.0. The molecule has 0 bridgehead atoms. The maximum Gasteiger partial charge on any atom is 0.336 e. The van der Waals surface area contributed by atoms with E-state index in [2.05, 4.69) is 21.8 Å². The number of morpholine rings is 1. The number of halogens is 1. The summed E-state index contributed by atoms with van der Waals surface area (Å²) in [5, 5.41) is 11.6. The van der Waals surface area contributed by atoms with E-state index in [1.54, 1.807) is 18.2 Å². The first-order valence-electron chi connectivity index (χ1n) is 8.18. The zero-order valence-corrected chi connectivity index (χ0v) is 15.5. The van der Waals surface area contributed by atoms with Gasteiger partial charge in [-0.25, -0.2) is 9.78 Å². The Bertz CT molecular complexity index is 991. The lowest BCUT2D eigenvalue weighted by Gasteiger charge is -2.34. The molecule has 1 saturated heterocycles. The van der Waals surface area contributed by atoms with E-state index in [1.807, 2.05) is 11.4 Å². The van der Waals surface area contributed by atoms with Crippen molar-refractivity contribution < 1.29 is 14.6 Å². The van der Waals surface area contributed by atoms with Crippen molar-refractivity contribution in [2.24, 2.45) is 0 Å². The van der Waals surface area contributed by atoms with Crippen LogP contribution in [0.5, 0.6) is 0 Å². The molecule has 0 unspecified atom stereocenters. The van der Waals surface area contributed by atoms with Crippen molar-refractivity contribution in [2.45, 2.75) is 13.0 Å². The fourth-order valence-corrected chi connectivity index (χ4v) is 4.38. The van der Waals surface area contributed by atoms with Crippen LogP contribution < -0.4 is 4.90 Å². The van der Waals surface area contributed by atoms with Gasteiger partial charge in [0.2, 0.25) is 5.28 Å². The van der Waals surface area contributed by atoms with E-state index >= 15 is 0 Å². The summed E-state index contributed by atoms with van der Waals surface area (Å²) in [6.45, 7) is 4.06. The molecule has 6 nitrogen and oxygen atoms in total. The summed E-state index contributed by atoms with van der Waals surface area (Å²) in [6, 6.07) is 7.09. The standard InChI is InChI=1S/C18H16ClN3O3S/c1-10-8-25-7-6-22(10)16-15-14(20-18(19)21-16)13(9-26-15)11-4-2-3-5-12(11)17(23)24/h2-5,9-10H,6-8H2,1H3,(H,23,24)/t10-/m1/s1. The highest BCUT2D eigenvalue weighted by Crippen LogP contribution is 2.39. The maximum absolute atomic E-state index is 11.6. The Hall–Kier alpha value is -2.22. The van der Waals surface area contributed by atoms with Gasteiger partial charge in [-0.05, 0) is 30.2 Å². The van der Waals surface area contributed by atoms with Crippen LogP contribution in [0.1, 0.15) is 17.3 Å². The van der Waals surface area contributed by atoms with Gasteiger partial charge < -0.3 is 14.7 Å². The minimum atomic E-state index is -0.970. The number of anilines is 1. The Balaban J connectivity index is 1.91. The van der Waals surface area contributed by atoms with E-state index < -0.39 is 5.97 Å². The lowest BCUT2D eigenvalue weighted by atomic mass is 10.0. The Labute approximate surface area is 159 Å². The van der Waals surface area contributed by atoms with Crippen LogP contribution in [0.2, 0.25) is 5.28 Å². The number of carboxylic acids is 1. The van der Waals surface area contributed by atoms with Gasteiger partial charge in [-0.15, -0.1) is 11.3 Å². The molecule has 3 aromatic rings. The van der Waals surface area contributed by atoms with Gasteiger partial charge in [-0.1, -0.05) is 18.2 Å². The number of carboxylic acid groups (broad SMARTS) is 1. The molecule has 0 aliphatic carbocycles. The van der Waals surface area contributed by atoms with Gasteiger partial charge in [0.15, 0.2) is 5.82 Å². The molecule has 1 aliphatic heterocycles. The van der Waals surface area contributed by atoms with Crippen molar-refractivity contribution in [3.05, 3.63) is 40.5 Å². The quantitative estimate of drug-likeness (QED) is 0.684. The lowest BCUT2D eigenvalue weighted by molar-refractivity contribution is 0.0697. The fourth-order valence-electron chi connectivity index (χ4n) is 3.21. The fraction of sp³-hybridized carbons (Fsp3) is 0.278. The highest BCUT2D eigenvalue weighted by atomic mass is 35.5. The molecule has 0 saturated carbocycles. The number of ether oxygens (including phenoxy) is 1. The maximum atomic E-state index is 11.6. The molecule has 2 aromatic heterocycles. The number of benzene rings is 1. The van der Waals surface area contributed by atoms with Gasteiger partial charge >= 0.3 is 5.97 Å². The molecule has 134 valence electrons. The second-order valence-electron chi connectivity index (χ2n) is 6.11. The minimum Gasteiger partial charge on any atom is -0.478 e. The number of aromatic nitrogens is 2. The third-order valence-electron chi connectivity index (χ3n) is 4.46. The number of aromatic carboxylic acids is 1. The molecular formula is C18H16ClN3O3S. The Kier molecular flexibility index (Phi) is 4.52. The van der Waals surface area contributed by atoms with Crippen molar-refractivity contribution in [1.82, 2.24) is 9.97 Å². The van der Waals surface area contributed by atoms with Gasteiger partial charge in [0.05, 0.1) is 35.0 Å². The Morgan fingerprint density at radius 1 is 1.35 bits per heavy atom. The molecule has 1 aliphatic rings. The molecule has 8 heteroatoms. The molecule has 3 heterocycles. The number of hydrogen-bond acceptors (Lipinski definition) is 6. The van der Waals surface area contributed by atoms with Crippen molar-refractivity contribution in [3.63, 3.8) is 0 Å². The van der Waals surface area contributed by atoms with E-state index in [0.717, 1.165) is 22.6 Å². The van der Waals surface area contributed by atoms with Crippen LogP contribution in [0.3, 0.4) is 0 Å². The van der Waals surface area contributed by atoms with Gasteiger partial charge in [-0.2, -0.15) is 4.98 Å². The molecule has 1 atom stereocenters. The smallest absolute Gasteiger partial charge is 0.336 e. The molecule has 26 heavy (non-hydrogen) atoms. The predicted octanol–water partition coefficient (Wildman–Crippen LogP) is 3.94. The van der Waals surface area contributed by atoms with Crippen LogP contribution >= 0.6 is 22.9 Å². The molecule has 4 rings (SSSR count). The average Bonchev–Trinajstić information content (AvgIpc) is 3.05. The van der Waals surface area contributed by atoms with E-state index in [-0.39, 0.29) is 16.9 Å². The third kappa shape index (κ3) is 2.92. The molecule has 0 amide bonds. The van der Waals surface area contributed by atoms with Crippen molar-refractivity contribution in [1.29, 1.82) is 0 Å². The topological polar surface area (TPSA) is 75.5 Å². The number of fused-ring (bicyclic) bond motifs is 1. The Morgan fingerprint density at radius 3 is 2.92 bits per heavy atom. The summed E-state index contributed by atoms with van der Waals surface area (Å²) in [6.07, 6.45) is 0. The highest BCUT2D eigenvalue weighted by Gasteiger charge is 2.25. The van der Waals surface area contributed by atoms with Gasteiger partial charge in [0.25, 0.3) is 0 Å². The average molecular weight is 390 g/mol. The minimum absolute atomic E-state index is 0.152. The summed E-state index contributed by atoms with van der Waals surface area (Å²) >= 11 is 7.72. The van der Waals surface area contributed by atoms with Gasteiger partial charge in [-0.3, -0.25) is 0 Å². The first kappa shape index (κ1) is 17.2. The van der Waals surface area contributed by atoms with Crippen LogP contribution in [-0.4, -0.2) is 46.8 Å². The largest absolute Gasteiger partial charge is 0.478 e. The monoisotopic (exact) mass is 389 g/mol. The lowest BCUT2D eigenvalue weighted by Crippen LogP contribution is -2.44. The number of rotatable bonds is 3. The van der Waals surface area contributed by atoms with Crippen molar-refractivity contribution in [2.75, 3.05) is 24.7 Å². The van der Waals surface area contributed by atoms with Crippen LogP contribution in [0.25, 0.3) is 21.3 Å².